The first kappa shape index (κ1) is 31.2. The fraction of sp³-hybridized carbons (Fsp3) is 0.600. The zero-order valence-corrected chi connectivity index (χ0v) is 22.4. The van der Waals surface area contributed by atoms with Gasteiger partial charge in [0.1, 0.15) is 23.9 Å². The number of carboxylic acids is 1. The fourth-order valence-electron chi connectivity index (χ4n) is 3.36. The monoisotopic (exact) mass is 524 g/mol. The molecule has 3 amide bonds. The Kier molecular flexibility index (Phi) is 13.3. The summed E-state index contributed by atoms with van der Waals surface area (Å²) in [5, 5.41) is 27.1. The van der Waals surface area contributed by atoms with Crippen LogP contribution in [0.2, 0.25) is 0 Å². The highest BCUT2D eigenvalue weighted by Gasteiger charge is 2.32. The van der Waals surface area contributed by atoms with Crippen LogP contribution in [0.25, 0.3) is 0 Å². The first-order valence-electron chi connectivity index (χ1n) is 12.1. The lowest BCUT2D eigenvalue weighted by atomic mass is 9.98. The maximum Gasteiger partial charge on any atom is 0.326 e. The van der Waals surface area contributed by atoms with Gasteiger partial charge in [-0.3, -0.25) is 14.4 Å². The summed E-state index contributed by atoms with van der Waals surface area (Å²) in [5.74, 6) is -2.68. The summed E-state index contributed by atoms with van der Waals surface area (Å²) < 4.78 is 0. The Morgan fingerprint density at radius 3 is 2.00 bits per heavy atom. The van der Waals surface area contributed by atoms with Gasteiger partial charge in [-0.05, 0) is 48.0 Å². The van der Waals surface area contributed by atoms with Gasteiger partial charge in [-0.15, -0.1) is 0 Å². The normalized spacial score (nSPS) is 15.3. The molecule has 202 valence electrons. The van der Waals surface area contributed by atoms with Crippen LogP contribution in [0.1, 0.15) is 46.1 Å². The quantitative estimate of drug-likeness (QED) is 0.199. The molecule has 10 nitrogen and oxygen atoms in total. The van der Waals surface area contributed by atoms with Gasteiger partial charge in [0.2, 0.25) is 17.7 Å². The number of carbonyl (C=O) groups excluding carboxylic acids is 3. The van der Waals surface area contributed by atoms with Gasteiger partial charge >= 0.3 is 5.97 Å². The van der Waals surface area contributed by atoms with Gasteiger partial charge in [0.25, 0.3) is 0 Å². The molecule has 0 spiro atoms. The van der Waals surface area contributed by atoms with Crippen LogP contribution in [-0.4, -0.2) is 70.1 Å². The van der Waals surface area contributed by atoms with E-state index in [2.05, 4.69) is 16.0 Å². The summed E-state index contributed by atoms with van der Waals surface area (Å²) in [7, 11) is 0. The van der Waals surface area contributed by atoms with Crippen molar-refractivity contribution in [1.29, 1.82) is 0 Å². The molecule has 11 heteroatoms. The van der Waals surface area contributed by atoms with E-state index in [1.165, 1.54) is 23.9 Å². The van der Waals surface area contributed by atoms with E-state index < -0.39 is 47.9 Å². The van der Waals surface area contributed by atoms with Gasteiger partial charge in [0.15, 0.2) is 0 Å². The molecule has 36 heavy (non-hydrogen) atoms. The van der Waals surface area contributed by atoms with Gasteiger partial charge in [-0.2, -0.15) is 11.8 Å². The number of thioether (sulfide) groups is 1. The Labute approximate surface area is 217 Å². The summed E-state index contributed by atoms with van der Waals surface area (Å²) in [5.41, 5.74) is 6.58. The van der Waals surface area contributed by atoms with Crippen molar-refractivity contribution in [3.05, 3.63) is 29.8 Å². The Hall–Kier alpha value is -2.79. The number of nitrogens with one attached hydrogen (secondary N) is 3. The molecule has 0 aliphatic rings. The van der Waals surface area contributed by atoms with E-state index in [0.29, 0.717) is 24.2 Å². The highest BCUT2D eigenvalue weighted by atomic mass is 32.2. The molecule has 0 fully saturated rings. The van der Waals surface area contributed by atoms with Crippen LogP contribution in [0.15, 0.2) is 24.3 Å². The number of nitrogens with two attached hydrogens (primary N) is 1. The average molecular weight is 525 g/mol. The van der Waals surface area contributed by atoms with E-state index in [0.717, 1.165) is 0 Å². The third-order valence-corrected chi connectivity index (χ3v) is 6.69. The summed E-state index contributed by atoms with van der Waals surface area (Å²) in [6.45, 7) is 7.15. The molecule has 0 bridgehead atoms. The van der Waals surface area contributed by atoms with Crippen LogP contribution in [0.5, 0.6) is 5.75 Å². The summed E-state index contributed by atoms with van der Waals surface area (Å²) in [6, 6.07) is 2.19. The average Bonchev–Trinajstić information content (AvgIpc) is 2.84. The second-order valence-electron chi connectivity index (χ2n) is 9.25. The lowest BCUT2D eigenvalue weighted by Crippen LogP contribution is -2.58. The van der Waals surface area contributed by atoms with E-state index in [1.807, 2.05) is 13.2 Å². The van der Waals surface area contributed by atoms with E-state index in [-0.39, 0.29) is 24.0 Å². The number of aliphatic carboxylic acids is 1. The molecule has 0 saturated carbocycles. The SMILES string of the molecule is CCC(C)C(NC(=O)C(Cc1ccc(O)cc1)NC(=O)C(CCSC)NC(=O)C(N)C(C)C)C(=O)O. The molecule has 0 radical (unpaired) electrons. The first-order valence-corrected chi connectivity index (χ1v) is 13.5. The first-order chi connectivity index (χ1) is 16.9. The van der Waals surface area contributed by atoms with Crippen molar-refractivity contribution in [2.75, 3.05) is 12.0 Å². The van der Waals surface area contributed by atoms with Gasteiger partial charge in [0, 0.05) is 6.42 Å². The number of benzene rings is 1. The minimum Gasteiger partial charge on any atom is -0.508 e. The minimum absolute atomic E-state index is 0.0489. The van der Waals surface area contributed by atoms with Crippen LogP contribution >= 0.6 is 11.8 Å². The molecule has 0 aromatic heterocycles. The van der Waals surface area contributed by atoms with E-state index in [4.69, 9.17) is 5.73 Å². The van der Waals surface area contributed by atoms with Crippen molar-refractivity contribution >= 4 is 35.5 Å². The molecule has 0 heterocycles. The van der Waals surface area contributed by atoms with Crippen molar-refractivity contribution in [2.24, 2.45) is 17.6 Å². The van der Waals surface area contributed by atoms with Crippen LogP contribution in [-0.2, 0) is 25.6 Å². The highest BCUT2D eigenvalue weighted by molar-refractivity contribution is 7.98. The van der Waals surface area contributed by atoms with E-state index in [1.54, 1.807) is 32.9 Å². The van der Waals surface area contributed by atoms with Crippen LogP contribution < -0.4 is 21.7 Å². The van der Waals surface area contributed by atoms with Crippen LogP contribution in [0.4, 0.5) is 0 Å². The summed E-state index contributed by atoms with van der Waals surface area (Å²) in [6.07, 6.45) is 2.78. The Morgan fingerprint density at radius 2 is 1.50 bits per heavy atom. The van der Waals surface area contributed by atoms with Crippen molar-refractivity contribution < 1.29 is 29.4 Å². The summed E-state index contributed by atoms with van der Waals surface area (Å²) >= 11 is 1.50. The Balaban J connectivity index is 3.17. The van der Waals surface area contributed by atoms with Crippen LogP contribution in [0, 0.1) is 11.8 Å². The number of hydrogen-bond acceptors (Lipinski definition) is 7. The van der Waals surface area contributed by atoms with Gasteiger partial charge < -0.3 is 31.9 Å². The topological polar surface area (TPSA) is 171 Å². The van der Waals surface area contributed by atoms with E-state index in [9.17, 15) is 29.4 Å². The number of aromatic hydroxyl groups is 1. The predicted octanol–water partition coefficient (Wildman–Crippen LogP) is 1.26. The van der Waals surface area contributed by atoms with Crippen molar-refractivity contribution in [2.45, 2.75) is 71.1 Å². The fourth-order valence-corrected chi connectivity index (χ4v) is 3.83. The molecule has 5 atom stereocenters. The zero-order valence-electron chi connectivity index (χ0n) is 21.6. The largest absolute Gasteiger partial charge is 0.508 e. The van der Waals surface area contributed by atoms with Crippen molar-refractivity contribution in [3.8, 4) is 5.75 Å². The number of hydrogen-bond donors (Lipinski definition) is 6. The molecule has 1 rings (SSSR count). The van der Waals surface area contributed by atoms with Crippen molar-refractivity contribution in [3.63, 3.8) is 0 Å². The number of rotatable bonds is 15. The third kappa shape index (κ3) is 10.1. The number of amides is 3. The molecular formula is C25H40N4O6S. The smallest absolute Gasteiger partial charge is 0.326 e. The number of carboxylic acid groups (broad SMARTS) is 1. The zero-order chi connectivity index (χ0) is 27.4. The molecule has 5 unspecified atom stereocenters. The van der Waals surface area contributed by atoms with Gasteiger partial charge in [-0.25, -0.2) is 4.79 Å². The van der Waals surface area contributed by atoms with Crippen molar-refractivity contribution in [1.82, 2.24) is 16.0 Å². The highest BCUT2D eigenvalue weighted by Crippen LogP contribution is 2.14. The molecule has 1 aromatic rings. The van der Waals surface area contributed by atoms with Gasteiger partial charge in [-0.1, -0.05) is 46.2 Å². The summed E-state index contributed by atoms with van der Waals surface area (Å²) in [4.78, 5) is 50.7. The maximum absolute atomic E-state index is 13.2. The second kappa shape index (κ2) is 15.4. The van der Waals surface area contributed by atoms with Crippen LogP contribution in [0.3, 0.4) is 0 Å². The standard InChI is InChI=1S/C25H40N4O6S/c1-6-15(4)21(25(34)35)29-23(32)19(13-16-7-9-17(30)10-8-16)28-22(31)18(11-12-36-5)27-24(33)20(26)14(2)3/h7-10,14-15,18-21,30H,6,11-13,26H2,1-5H3,(H,27,33)(H,28,31)(H,29,32)(H,34,35). The van der Waals surface area contributed by atoms with Gasteiger partial charge in [0.05, 0.1) is 6.04 Å². The minimum atomic E-state index is -1.17. The lowest BCUT2D eigenvalue weighted by molar-refractivity contribution is -0.143. The number of phenols is 1. The second-order valence-corrected chi connectivity index (χ2v) is 10.2. The Bertz CT molecular complexity index is 880. The molecule has 0 aliphatic heterocycles. The van der Waals surface area contributed by atoms with E-state index >= 15 is 0 Å². The molecule has 0 aliphatic carbocycles. The molecule has 7 N–H and O–H groups in total. The number of phenolic OH excluding ortho intramolecular Hbond substituents is 1. The molecule has 0 saturated heterocycles. The maximum atomic E-state index is 13.2. The molecule has 1 aromatic carbocycles. The Morgan fingerprint density at radius 1 is 0.944 bits per heavy atom. The third-order valence-electron chi connectivity index (χ3n) is 6.05. The predicted molar refractivity (Wildman–Crippen MR) is 141 cm³/mol. The molecular weight excluding hydrogens is 484 g/mol. The lowest BCUT2D eigenvalue weighted by Gasteiger charge is -2.27. The number of carbonyl (C=O) groups is 4.